The minimum absolute atomic E-state index is 0.00741. The highest BCUT2D eigenvalue weighted by molar-refractivity contribution is 5.94. The lowest BCUT2D eigenvalue weighted by Crippen LogP contribution is -2.42. The molecule has 4 rings (SSSR count). The van der Waals surface area contributed by atoms with Crippen LogP contribution in [0.25, 0.3) is 10.9 Å². The lowest BCUT2D eigenvalue weighted by molar-refractivity contribution is -0.118. The van der Waals surface area contributed by atoms with Crippen molar-refractivity contribution in [2.45, 2.75) is 26.6 Å². The van der Waals surface area contributed by atoms with Crippen LogP contribution in [-0.4, -0.2) is 20.9 Å². The largest absolute Gasteiger partial charge is 0.368 e. The highest BCUT2D eigenvalue weighted by atomic mass is 16.2. The maximum Gasteiger partial charge on any atom is 0.332 e. The van der Waals surface area contributed by atoms with Gasteiger partial charge in [0, 0.05) is 12.1 Å². The second-order valence-corrected chi connectivity index (χ2v) is 8.11. The summed E-state index contributed by atoms with van der Waals surface area (Å²) in [5, 5.41) is 3.19. The van der Waals surface area contributed by atoms with Gasteiger partial charge in [0.1, 0.15) is 6.54 Å². The van der Waals surface area contributed by atoms with Crippen molar-refractivity contribution in [3.8, 4) is 0 Å². The average Bonchev–Trinajstić information content (AvgIpc) is 2.84. The molecule has 0 unspecified atom stereocenters. The Bertz CT molecular complexity index is 1480. The molecule has 3 N–H and O–H groups in total. The standard InChI is InChI=1S/C26H24N4O4/c1-17-6-8-18(9-7-17)14-28-24(32)20-12-10-19(11-13-20)15-30-25(33)21-4-2-3-5-22(21)29(26(30)34)16-23(27)31/h2-13H,14-16H2,1H3,(H2,27,31)(H,28,32). The zero-order valence-electron chi connectivity index (χ0n) is 18.7. The Morgan fingerprint density at radius 1 is 0.853 bits per heavy atom. The van der Waals surface area contributed by atoms with Crippen LogP contribution in [0.3, 0.4) is 0 Å². The highest BCUT2D eigenvalue weighted by Gasteiger charge is 2.15. The smallest absolute Gasteiger partial charge is 0.332 e. The number of aryl methyl sites for hydroxylation is 1. The summed E-state index contributed by atoms with van der Waals surface area (Å²) in [6.07, 6.45) is 0. The van der Waals surface area contributed by atoms with Crippen LogP contribution < -0.4 is 22.3 Å². The molecule has 0 aliphatic heterocycles. The number of nitrogens with zero attached hydrogens (tertiary/aromatic N) is 2. The molecule has 0 radical (unpaired) electrons. The van der Waals surface area contributed by atoms with Crippen molar-refractivity contribution in [2.75, 3.05) is 0 Å². The predicted molar refractivity (Wildman–Crippen MR) is 130 cm³/mol. The number of primary amides is 1. The van der Waals surface area contributed by atoms with Crippen LogP contribution in [0.5, 0.6) is 0 Å². The van der Waals surface area contributed by atoms with E-state index in [1.54, 1.807) is 48.5 Å². The van der Waals surface area contributed by atoms with Crippen LogP contribution in [-0.2, 0) is 24.4 Å². The number of nitrogens with two attached hydrogens (primary N) is 1. The van der Waals surface area contributed by atoms with E-state index < -0.39 is 17.2 Å². The quantitative estimate of drug-likeness (QED) is 0.442. The minimum atomic E-state index is -0.682. The number of aromatic nitrogens is 2. The molecule has 4 aromatic rings. The van der Waals surface area contributed by atoms with Crippen LogP contribution in [0.2, 0.25) is 0 Å². The summed E-state index contributed by atoms with van der Waals surface area (Å²) in [4.78, 5) is 50.0. The Kier molecular flexibility index (Phi) is 6.40. The van der Waals surface area contributed by atoms with Crippen molar-refractivity contribution in [3.63, 3.8) is 0 Å². The van der Waals surface area contributed by atoms with E-state index >= 15 is 0 Å². The summed E-state index contributed by atoms with van der Waals surface area (Å²) in [6, 6.07) is 21.2. The third-order valence-electron chi connectivity index (χ3n) is 5.58. The first-order valence-electron chi connectivity index (χ1n) is 10.8. The van der Waals surface area contributed by atoms with Gasteiger partial charge in [-0.1, -0.05) is 54.1 Å². The summed E-state index contributed by atoms with van der Waals surface area (Å²) in [6.45, 7) is 2.07. The van der Waals surface area contributed by atoms with Crippen molar-refractivity contribution < 1.29 is 9.59 Å². The maximum absolute atomic E-state index is 13.0. The number of fused-ring (bicyclic) bond motifs is 1. The van der Waals surface area contributed by atoms with E-state index in [1.165, 1.54) is 4.57 Å². The number of nitrogens with one attached hydrogen (secondary N) is 1. The fourth-order valence-corrected chi connectivity index (χ4v) is 3.75. The number of hydrogen-bond donors (Lipinski definition) is 2. The molecular formula is C26H24N4O4. The molecule has 0 bridgehead atoms. The number of rotatable bonds is 7. The van der Waals surface area contributed by atoms with Gasteiger partial charge < -0.3 is 11.1 Å². The van der Waals surface area contributed by atoms with Crippen molar-refractivity contribution in [3.05, 3.63) is 116 Å². The van der Waals surface area contributed by atoms with Crippen LogP contribution in [0.4, 0.5) is 0 Å². The SMILES string of the molecule is Cc1ccc(CNC(=O)c2ccc(Cn3c(=O)c4ccccc4n(CC(N)=O)c3=O)cc2)cc1. The molecule has 0 atom stereocenters. The molecular weight excluding hydrogens is 432 g/mol. The Balaban J connectivity index is 1.56. The Labute approximate surface area is 195 Å². The number of benzene rings is 3. The van der Waals surface area contributed by atoms with E-state index in [-0.39, 0.29) is 19.0 Å². The molecule has 0 aliphatic carbocycles. The molecule has 0 aliphatic rings. The Hall–Kier alpha value is -4.46. The van der Waals surface area contributed by atoms with E-state index in [2.05, 4.69) is 5.32 Å². The lowest BCUT2D eigenvalue weighted by Gasteiger charge is -2.13. The Morgan fingerprint density at radius 3 is 2.18 bits per heavy atom. The van der Waals surface area contributed by atoms with Gasteiger partial charge in [0.15, 0.2) is 0 Å². The van der Waals surface area contributed by atoms with Gasteiger partial charge in [-0.2, -0.15) is 0 Å². The van der Waals surface area contributed by atoms with E-state index in [1.807, 2.05) is 31.2 Å². The fourth-order valence-electron chi connectivity index (χ4n) is 3.75. The molecule has 172 valence electrons. The first kappa shape index (κ1) is 22.7. The van der Waals surface area contributed by atoms with E-state index in [4.69, 9.17) is 5.73 Å². The predicted octanol–water partition coefficient (Wildman–Crippen LogP) is 1.94. The molecule has 0 saturated heterocycles. The third kappa shape index (κ3) is 4.80. The van der Waals surface area contributed by atoms with Gasteiger partial charge >= 0.3 is 5.69 Å². The van der Waals surface area contributed by atoms with E-state index in [9.17, 15) is 19.2 Å². The van der Waals surface area contributed by atoms with Crippen LogP contribution in [0, 0.1) is 6.92 Å². The van der Waals surface area contributed by atoms with Gasteiger partial charge in [-0.25, -0.2) is 4.79 Å². The summed E-state index contributed by atoms with van der Waals surface area (Å²) < 4.78 is 2.27. The third-order valence-corrected chi connectivity index (χ3v) is 5.58. The van der Waals surface area contributed by atoms with Crippen molar-refractivity contribution in [2.24, 2.45) is 5.73 Å². The Morgan fingerprint density at radius 2 is 1.50 bits per heavy atom. The van der Waals surface area contributed by atoms with Crippen LogP contribution in [0.1, 0.15) is 27.0 Å². The van der Waals surface area contributed by atoms with E-state index in [0.717, 1.165) is 15.7 Å². The van der Waals surface area contributed by atoms with Gasteiger partial charge in [0.05, 0.1) is 17.4 Å². The minimum Gasteiger partial charge on any atom is -0.368 e. The number of hydrogen-bond acceptors (Lipinski definition) is 4. The molecule has 0 fully saturated rings. The van der Waals surface area contributed by atoms with Crippen LogP contribution >= 0.6 is 0 Å². The number of para-hydroxylation sites is 1. The number of amides is 2. The summed E-state index contributed by atoms with van der Waals surface area (Å²) in [5.41, 5.74) is 7.87. The second kappa shape index (κ2) is 9.58. The fraction of sp³-hybridized carbons (Fsp3) is 0.154. The summed E-state index contributed by atoms with van der Waals surface area (Å²) >= 11 is 0. The molecule has 0 saturated carbocycles. The molecule has 34 heavy (non-hydrogen) atoms. The van der Waals surface area contributed by atoms with Crippen molar-refractivity contribution in [1.29, 1.82) is 0 Å². The normalized spacial score (nSPS) is 10.9. The zero-order chi connectivity index (χ0) is 24.2. The molecule has 8 heteroatoms. The number of carbonyl (C=O) groups is 2. The summed E-state index contributed by atoms with van der Waals surface area (Å²) in [7, 11) is 0. The van der Waals surface area contributed by atoms with E-state index in [0.29, 0.717) is 28.6 Å². The summed E-state index contributed by atoms with van der Waals surface area (Å²) in [5.74, 6) is -0.905. The van der Waals surface area contributed by atoms with Crippen molar-refractivity contribution >= 4 is 22.7 Å². The van der Waals surface area contributed by atoms with Crippen LogP contribution in [0.15, 0.2) is 82.4 Å². The topological polar surface area (TPSA) is 116 Å². The zero-order valence-corrected chi connectivity index (χ0v) is 18.7. The van der Waals surface area contributed by atoms with Gasteiger partial charge in [0.2, 0.25) is 5.91 Å². The van der Waals surface area contributed by atoms with Crippen molar-refractivity contribution in [1.82, 2.24) is 14.5 Å². The van der Waals surface area contributed by atoms with Gasteiger partial charge in [-0.05, 0) is 42.3 Å². The number of carbonyl (C=O) groups excluding carboxylic acids is 2. The lowest BCUT2D eigenvalue weighted by atomic mass is 10.1. The second-order valence-electron chi connectivity index (χ2n) is 8.11. The maximum atomic E-state index is 13.0. The van der Waals surface area contributed by atoms with Gasteiger partial charge in [-0.3, -0.25) is 23.5 Å². The molecule has 2 amide bonds. The van der Waals surface area contributed by atoms with Gasteiger partial charge in [-0.15, -0.1) is 0 Å². The monoisotopic (exact) mass is 456 g/mol. The molecule has 1 heterocycles. The molecule has 3 aromatic carbocycles. The van der Waals surface area contributed by atoms with Gasteiger partial charge in [0.25, 0.3) is 11.5 Å². The average molecular weight is 457 g/mol. The molecule has 8 nitrogen and oxygen atoms in total. The molecule has 1 aromatic heterocycles. The highest BCUT2D eigenvalue weighted by Crippen LogP contribution is 2.10. The molecule has 0 spiro atoms. The first-order valence-corrected chi connectivity index (χ1v) is 10.8. The first-order chi connectivity index (χ1) is 16.3.